The van der Waals surface area contributed by atoms with Gasteiger partial charge in [-0.05, 0) is 31.6 Å². The Hall–Kier alpha value is -1.85. The van der Waals surface area contributed by atoms with Crippen LogP contribution in [0, 0.1) is 17.8 Å². The molecule has 0 N–H and O–H groups in total. The van der Waals surface area contributed by atoms with E-state index < -0.39 is 11.9 Å². The van der Waals surface area contributed by atoms with E-state index >= 15 is 0 Å². The van der Waals surface area contributed by atoms with E-state index in [4.69, 9.17) is 14.2 Å². The van der Waals surface area contributed by atoms with Crippen molar-refractivity contribution < 1.29 is 28.6 Å². The van der Waals surface area contributed by atoms with Crippen LogP contribution < -0.4 is 0 Å². The summed E-state index contributed by atoms with van der Waals surface area (Å²) in [5.74, 6) is -0.344. The maximum Gasteiger partial charge on any atom is 0.309 e. The molecule has 0 spiro atoms. The molecule has 122 valence electrons. The molecule has 6 heteroatoms. The van der Waals surface area contributed by atoms with Gasteiger partial charge in [-0.25, -0.2) is 0 Å². The van der Waals surface area contributed by atoms with Gasteiger partial charge in [0.2, 0.25) is 0 Å². The first-order chi connectivity index (χ1) is 10.6. The van der Waals surface area contributed by atoms with Crippen molar-refractivity contribution in [3.63, 3.8) is 0 Å². The summed E-state index contributed by atoms with van der Waals surface area (Å²) in [6.45, 7) is 2.07. The number of hydrogen-bond acceptors (Lipinski definition) is 6. The first kappa shape index (κ1) is 16.5. The Kier molecular flexibility index (Phi) is 5.98. The average molecular weight is 310 g/mol. The smallest absolute Gasteiger partial charge is 0.309 e. The highest BCUT2D eigenvalue weighted by atomic mass is 16.6. The van der Waals surface area contributed by atoms with E-state index in [1.807, 2.05) is 0 Å². The SMILES string of the molecule is CCOC(=O)CCC(=O)OCCOC(=O)C1CC2C=CC1C2. The van der Waals surface area contributed by atoms with Gasteiger partial charge in [0.15, 0.2) is 0 Å². The molecule has 2 aliphatic carbocycles. The second-order valence-electron chi connectivity index (χ2n) is 5.58. The second-order valence-corrected chi connectivity index (χ2v) is 5.58. The lowest BCUT2D eigenvalue weighted by Crippen LogP contribution is -2.23. The van der Waals surface area contributed by atoms with Gasteiger partial charge >= 0.3 is 17.9 Å². The number of fused-ring (bicyclic) bond motifs is 2. The molecule has 6 nitrogen and oxygen atoms in total. The van der Waals surface area contributed by atoms with E-state index in [-0.39, 0.29) is 37.9 Å². The van der Waals surface area contributed by atoms with Crippen molar-refractivity contribution in [1.82, 2.24) is 0 Å². The lowest BCUT2D eigenvalue weighted by molar-refractivity contribution is -0.156. The van der Waals surface area contributed by atoms with Crippen LogP contribution in [0.1, 0.15) is 32.6 Å². The standard InChI is InChI=1S/C16H22O6/c1-2-20-14(17)5-6-15(18)21-7-8-22-16(19)13-10-11-3-4-12(13)9-11/h3-4,11-13H,2,5-10H2,1H3. The molecular formula is C16H22O6. The molecule has 1 saturated carbocycles. The van der Waals surface area contributed by atoms with Crippen molar-refractivity contribution in [1.29, 1.82) is 0 Å². The fourth-order valence-electron chi connectivity index (χ4n) is 2.97. The third-order valence-electron chi connectivity index (χ3n) is 4.01. The van der Waals surface area contributed by atoms with Gasteiger partial charge in [-0.1, -0.05) is 12.2 Å². The summed E-state index contributed by atoms with van der Waals surface area (Å²) in [6.07, 6.45) is 6.14. The summed E-state index contributed by atoms with van der Waals surface area (Å²) in [5, 5.41) is 0. The summed E-state index contributed by atoms with van der Waals surface area (Å²) in [6, 6.07) is 0. The fourth-order valence-corrected chi connectivity index (χ4v) is 2.97. The van der Waals surface area contributed by atoms with Gasteiger partial charge in [0.05, 0.1) is 25.4 Å². The zero-order valence-corrected chi connectivity index (χ0v) is 12.8. The first-order valence-corrected chi connectivity index (χ1v) is 7.76. The minimum Gasteiger partial charge on any atom is -0.466 e. The number of carbonyl (C=O) groups excluding carboxylic acids is 3. The average Bonchev–Trinajstić information content (AvgIpc) is 3.12. The predicted octanol–water partition coefficient (Wildman–Crippen LogP) is 1.63. The molecule has 0 radical (unpaired) electrons. The Balaban J connectivity index is 1.53. The van der Waals surface area contributed by atoms with Crippen LogP contribution >= 0.6 is 0 Å². The second kappa shape index (κ2) is 7.96. The molecule has 0 aromatic carbocycles. The highest BCUT2D eigenvalue weighted by molar-refractivity contribution is 5.77. The van der Waals surface area contributed by atoms with E-state index in [2.05, 4.69) is 12.2 Å². The number of rotatable bonds is 8. The number of ether oxygens (including phenoxy) is 3. The van der Waals surface area contributed by atoms with Crippen LogP contribution in [-0.4, -0.2) is 37.7 Å². The van der Waals surface area contributed by atoms with Gasteiger partial charge < -0.3 is 14.2 Å². The van der Waals surface area contributed by atoms with Crippen molar-refractivity contribution in [2.45, 2.75) is 32.6 Å². The Bertz CT molecular complexity index is 456. The van der Waals surface area contributed by atoms with Crippen LogP contribution in [0.2, 0.25) is 0 Å². The molecule has 3 atom stereocenters. The molecule has 0 saturated heterocycles. The van der Waals surface area contributed by atoms with Gasteiger partial charge in [-0.3, -0.25) is 14.4 Å². The Morgan fingerprint density at radius 3 is 2.23 bits per heavy atom. The molecule has 2 aliphatic rings. The molecule has 22 heavy (non-hydrogen) atoms. The normalized spacial score (nSPS) is 25.0. The number of hydrogen-bond donors (Lipinski definition) is 0. The number of allylic oxidation sites excluding steroid dienone is 2. The van der Waals surface area contributed by atoms with Crippen LogP contribution in [0.3, 0.4) is 0 Å². The summed E-state index contributed by atoms with van der Waals surface area (Å²) in [7, 11) is 0. The summed E-state index contributed by atoms with van der Waals surface area (Å²) >= 11 is 0. The quantitative estimate of drug-likeness (QED) is 0.293. The fraction of sp³-hybridized carbons (Fsp3) is 0.688. The van der Waals surface area contributed by atoms with Crippen molar-refractivity contribution in [3.8, 4) is 0 Å². The molecule has 0 aromatic heterocycles. The molecular weight excluding hydrogens is 288 g/mol. The van der Waals surface area contributed by atoms with E-state index in [1.165, 1.54) is 0 Å². The van der Waals surface area contributed by atoms with Gasteiger partial charge in [-0.2, -0.15) is 0 Å². The third-order valence-corrected chi connectivity index (χ3v) is 4.01. The van der Waals surface area contributed by atoms with Gasteiger partial charge in [0.25, 0.3) is 0 Å². The van der Waals surface area contributed by atoms with Gasteiger partial charge in [0.1, 0.15) is 13.2 Å². The van der Waals surface area contributed by atoms with E-state index in [0.717, 1.165) is 12.8 Å². The molecule has 2 bridgehead atoms. The largest absolute Gasteiger partial charge is 0.466 e. The minimum absolute atomic E-state index is 0.00391. The minimum atomic E-state index is -0.494. The van der Waals surface area contributed by atoms with E-state index in [9.17, 15) is 14.4 Å². The molecule has 3 unspecified atom stereocenters. The Labute approximate surface area is 129 Å². The lowest BCUT2D eigenvalue weighted by atomic mass is 9.94. The molecule has 0 aliphatic heterocycles. The van der Waals surface area contributed by atoms with Crippen molar-refractivity contribution in [2.24, 2.45) is 17.8 Å². The highest BCUT2D eigenvalue weighted by Gasteiger charge is 2.40. The highest BCUT2D eigenvalue weighted by Crippen LogP contribution is 2.43. The zero-order chi connectivity index (χ0) is 15.9. The Morgan fingerprint density at radius 1 is 0.955 bits per heavy atom. The van der Waals surface area contributed by atoms with Crippen LogP contribution in [0.15, 0.2) is 12.2 Å². The maximum atomic E-state index is 11.9. The lowest BCUT2D eigenvalue weighted by Gasteiger charge is -2.16. The topological polar surface area (TPSA) is 78.9 Å². The molecule has 0 amide bonds. The molecule has 0 heterocycles. The zero-order valence-electron chi connectivity index (χ0n) is 12.8. The summed E-state index contributed by atoms with van der Waals surface area (Å²) in [5.41, 5.74) is 0. The van der Waals surface area contributed by atoms with Crippen LogP contribution in [0.25, 0.3) is 0 Å². The van der Waals surface area contributed by atoms with E-state index in [1.54, 1.807) is 6.92 Å². The maximum absolute atomic E-state index is 11.9. The monoisotopic (exact) mass is 310 g/mol. The third kappa shape index (κ3) is 4.58. The predicted molar refractivity (Wildman–Crippen MR) is 76.6 cm³/mol. The molecule has 1 fully saturated rings. The first-order valence-electron chi connectivity index (χ1n) is 7.76. The molecule has 0 aromatic rings. The van der Waals surface area contributed by atoms with Crippen LogP contribution in [-0.2, 0) is 28.6 Å². The van der Waals surface area contributed by atoms with Crippen LogP contribution in [0.5, 0.6) is 0 Å². The summed E-state index contributed by atoms with van der Waals surface area (Å²) in [4.78, 5) is 34.4. The number of esters is 3. The molecule has 2 rings (SSSR count). The van der Waals surface area contributed by atoms with Crippen molar-refractivity contribution in [3.05, 3.63) is 12.2 Å². The van der Waals surface area contributed by atoms with Crippen molar-refractivity contribution in [2.75, 3.05) is 19.8 Å². The van der Waals surface area contributed by atoms with Gasteiger partial charge in [0, 0.05) is 0 Å². The van der Waals surface area contributed by atoms with Crippen LogP contribution in [0.4, 0.5) is 0 Å². The van der Waals surface area contributed by atoms with E-state index in [0.29, 0.717) is 18.4 Å². The summed E-state index contributed by atoms with van der Waals surface area (Å²) < 4.78 is 14.8. The Morgan fingerprint density at radius 2 is 1.64 bits per heavy atom. The van der Waals surface area contributed by atoms with Gasteiger partial charge in [-0.15, -0.1) is 0 Å². The number of carbonyl (C=O) groups is 3. The van der Waals surface area contributed by atoms with Crippen molar-refractivity contribution >= 4 is 17.9 Å².